The van der Waals surface area contributed by atoms with Crippen molar-refractivity contribution in [1.29, 1.82) is 0 Å². The van der Waals surface area contributed by atoms with Crippen molar-refractivity contribution >= 4 is 41.1 Å². The molecule has 0 bridgehead atoms. The van der Waals surface area contributed by atoms with Crippen molar-refractivity contribution in [3.63, 3.8) is 0 Å². The highest BCUT2D eigenvalue weighted by Gasteiger charge is 2.50. The molecule has 0 spiro atoms. The molecule has 180 valence electrons. The molecule has 1 fully saturated rings. The van der Waals surface area contributed by atoms with E-state index in [-0.39, 0.29) is 11.2 Å². The Balaban J connectivity index is 1.84. The number of nitrogens with zero attached hydrogens (tertiary/aromatic N) is 4. The number of fused-ring (bicyclic) bond motifs is 1. The molecule has 1 unspecified atom stereocenters. The van der Waals surface area contributed by atoms with Gasteiger partial charge in [0.05, 0.1) is 12.9 Å². The van der Waals surface area contributed by atoms with Crippen LogP contribution in [0.1, 0.15) is 6.23 Å². The van der Waals surface area contributed by atoms with Gasteiger partial charge in [-0.2, -0.15) is 9.29 Å². The van der Waals surface area contributed by atoms with Crippen LogP contribution >= 0.6 is 24.0 Å². The third kappa shape index (κ3) is 5.63. The molecule has 22 heteroatoms. The molecule has 3 rings (SSSR count). The Morgan fingerprint density at radius 1 is 1.31 bits per heavy atom. The number of nitrogen functional groups attached to an aromatic ring is 1. The van der Waals surface area contributed by atoms with Gasteiger partial charge in [-0.1, -0.05) is 0 Å². The third-order valence-corrected chi connectivity index (χ3v) is 8.05. The van der Waals surface area contributed by atoms with Crippen LogP contribution in [0.5, 0.6) is 5.88 Å². The zero-order valence-electron chi connectivity index (χ0n) is 15.2. The molecule has 19 nitrogen and oxygen atoms in total. The minimum Gasteiger partial charge on any atom is -0.857 e. The molecule has 0 radical (unpaired) electrons. The summed E-state index contributed by atoms with van der Waals surface area (Å²) in [6.45, 7) is -0.938. The molecular weight excluding hydrogens is 505 g/mol. The van der Waals surface area contributed by atoms with Crippen LogP contribution in [0.2, 0.25) is 0 Å². The standard InChI is InChI=1S/C10H17N6O13P3/c11-10-13-7-4(8(19)14-10)12-2-16(7)9-5(18)6(3(1-17)27-9)28-30(20,21)15-31(22,23)29-32(24,25)26/h2-3,5-6,9,17-18H,1H2,(H2,24,25,26)(H3,11,13,14,19)(H3,15,20,21,22,23)/p-4/t3-,5-,6-,9-/m1/s1. The first-order valence-electron chi connectivity index (χ1n) is 8.09. The number of phosphoric acid groups is 1. The van der Waals surface area contributed by atoms with Gasteiger partial charge in [-0.3, -0.25) is 9.13 Å². The Morgan fingerprint density at radius 3 is 2.56 bits per heavy atom. The van der Waals surface area contributed by atoms with Gasteiger partial charge in [0, 0.05) is 5.88 Å². The summed E-state index contributed by atoms with van der Waals surface area (Å²) in [6, 6.07) is 0. The van der Waals surface area contributed by atoms with Gasteiger partial charge in [-0.25, -0.2) is 14.5 Å². The highest BCUT2D eigenvalue weighted by molar-refractivity contribution is 7.73. The molecule has 3 heterocycles. The lowest BCUT2D eigenvalue weighted by Crippen LogP contribution is -2.48. The van der Waals surface area contributed by atoms with E-state index in [1.54, 1.807) is 0 Å². The van der Waals surface area contributed by atoms with Gasteiger partial charge in [0.25, 0.3) is 0 Å². The molecular formula is C10H13N6O13P3-4. The number of hydrogen-bond acceptors (Lipinski definition) is 17. The molecule has 1 saturated heterocycles. The number of aliphatic hydroxyl groups excluding tert-OH is 2. The fourth-order valence-electron chi connectivity index (χ4n) is 2.81. The summed E-state index contributed by atoms with van der Waals surface area (Å²) in [5.74, 6) is -1.30. The second-order valence-corrected chi connectivity index (χ2v) is 10.8. The topological polar surface area (TPSA) is 325 Å². The van der Waals surface area contributed by atoms with Crippen LogP contribution < -0.4 is 40.2 Å². The average molecular weight is 518 g/mol. The van der Waals surface area contributed by atoms with E-state index in [1.807, 2.05) is 0 Å². The van der Waals surface area contributed by atoms with Gasteiger partial charge in [0.1, 0.15) is 17.7 Å². The number of imidazole rings is 1. The molecule has 0 amide bonds. The van der Waals surface area contributed by atoms with E-state index in [4.69, 9.17) is 15.4 Å². The number of aromatic nitrogens is 4. The number of nitrogens with one attached hydrogen (secondary N) is 1. The molecule has 0 aromatic carbocycles. The van der Waals surface area contributed by atoms with Gasteiger partial charge < -0.3 is 55.2 Å². The maximum absolute atomic E-state index is 12.0. The second-order valence-electron chi connectivity index (χ2n) is 6.16. The predicted octanol–water partition coefficient (Wildman–Crippen LogP) is -7.02. The second kappa shape index (κ2) is 8.84. The van der Waals surface area contributed by atoms with Crippen LogP contribution in [0.15, 0.2) is 6.33 Å². The number of ether oxygens (including phenoxy) is 1. The van der Waals surface area contributed by atoms with Crippen molar-refractivity contribution in [2.75, 3.05) is 12.3 Å². The van der Waals surface area contributed by atoms with Crippen LogP contribution in [0.4, 0.5) is 5.95 Å². The quantitative estimate of drug-likeness (QED) is 0.203. The normalized spacial score (nSPS) is 26.5. The lowest BCUT2D eigenvalue weighted by molar-refractivity contribution is -0.358. The third-order valence-electron chi connectivity index (χ3n) is 3.89. The van der Waals surface area contributed by atoms with Gasteiger partial charge in [0.2, 0.25) is 5.95 Å². The Labute approximate surface area is 178 Å². The van der Waals surface area contributed by atoms with E-state index in [1.165, 1.54) is 0 Å². The average Bonchev–Trinajstić information content (AvgIpc) is 3.13. The van der Waals surface area contributed by atoms with Crippen LogP contribution in [0, 0.1) is 0 Å². The molecule has 2 aromatic heterocycles. The van der Waals surface area contributed by atoms with E-state index in [0.717, 1.165) is 15.8 Å². The summed E-state index contributed by atoms with van der Waals surface area (Å²) in [5, 5.41) is 31.8. The molecule has 0 aliphatic carbocycles. The maximum atomic E-state index is 12.0. The lowest BCUT2D eigenvalue weighted by Gasteiger charge is -2.43. The van der Waals surface area contributed by atoms with Gasteiger partial charge in [-0.15, -0.1) is 0 Å². The number of nitrogens with two attached hydrogens (primary N) is 1. The number of rotatable bonds is 8. The van der Waals surface area contributed by atoms with E-state index < -0.39 is 67.0 Å². The molecule has 32 heavy (non-hydrogen) atoms. The Bertz CT molecular complexity index is 1030. The first kappa shape index (κ1) is 25.4. The molecule has 5 atom stereocenters. The summed E-state index contributed by atoms with van der Waals surface area (Å²) in [7, 11) is -17.6. The van der Waals surface area contributed by atoms with Crippen LogP contribution in [0.3, 0.4) is 0 Å². The van der Waals surface area contributed by atoms with E-state index in [9.17, 15) is 44.4 Å². The van der Waals surface area contributed by atoms with E-state index in [2.05, 4.69) is 23.8 Å². The SMILES string of the molecule is Nc1nc([O-])c2ncn([C@@H]3O[C@H](CO)[C@@H](O[P+]([O-])([O-])N[P+]([O-])([O-])OP(=O)([O-])O)[C@H]3O)c2n1. The first-order valence-corrected chi connectivity index (χ1v) is 12.7. The van der Waals surface area contributed by atoms with Crippen molar-refractivity contribution in [2.24, 2.45) is 0 Å². The van der Waals surface area contributed by atoms with Crippen molar-refractivity contribution in [2.45, 2.75) is 24.5 Å². The predicted molar refractivity (Wildman–Crippen MR) is 88.9 cm³/mol. The molecule has 1 aliphatic rings. The summed E-state index contributed by atoms with van der Waals surface area (Å²) in [6.07, 6.45) is -6.02. The Morgan fingerprint density at radius 2 is 1.97 bits per heavy atom. The number of aliphatic hydroxyl groups is 2. The molecule has 0 saturated carbocycles. The fourth-order valence-corrected chi connectivity index (χ4v) is 6.34. The van der Waals surface area contributed by atoms with Gasteiger partial charge >= 0.3 is 7.82 Å². The van der Waals surface area contributed by atoms with Crippen LogP contribution in [0.25, 0.3) is 11.2 Å². The molecule has 1 aliphatic heterocycles. The minimum atomic E-state index is -5.94. The zero-order valence-corrected chi connectivity index (χ0v) is 17.9. The molecule has 2 aromatic rings. The Hall–Kier alpha value is -1.24. The fraction of sp³-hybridized carbons (Fsp3) is 0.500. The minimum absolute atomic E-state index is 0.209. The van der Waals surface area contributed by atoms with Crippen molar-refractivity contribution in [3.8, 4) is 5.88 Å². The largest absolute Gasteiger partial charge is 0.857 e. The Kier molecular flexibility index (Phi) is 7.01. The monoisotopic (exact) mass is 518 g/mol. The first-order chi connectivity index (χ1) is 14.6. The number of anilines is 1. The smallest absolute Gasteiger partial charge is 0.306 e. The van der Waals surface area contributed by atoms with Crippen molar-refractivity contribution in [1.82, 2.24) is 24.4 Å². The van der Waals surface area contributed by atoms with E-state index >= 15 is 0 Å². The summed E-state index contributed by atoms with van der Waals surface area (Å²) in [5.41, 5.74) is 4.93. The zero-order chi connectivity index (χ0) is 24.1. The van der Waals surface area contributed by atoms with E-state index in [0.29, 0.717) is 0 Å². The van der Waals surface area contributed by atoms with Crippen molar-refractivity contribution in [3.05, 3.63) is 6.33 Å². The summed E-state index contributed by atoms with van der Waals surface area (Å²) in [4.78, 5) is 77.5. The van der Waals surface area contributed by atoms with Crippen LogP contribution in [-0.4, -0.2) is 59.5 Å². The number of hydrogen-bond donors (Lipinski definition) is 5. The van der Waals surface area contributed by atoms with Crippen molar-refractivity contribution < 1.29 is 62.8 Å². The van der Waals surface area contributed by atoms with Crippen LogP contribution in [-0.2, 0) is 18.1 Å². The summed E-state index contributed by atoms with van der Waals surface area (Å²) >= 11 is 0. The van der Waals surface area contributed by atoms with Gasteiger partial charge in [0.15, 0.2) is 34.2 Å². The molecule has 6 N–H and O–H groups in total. The summed E-state index contributed by atoms with van der Waals surface area (Å²) < 4.78 is 24.6. The highest BCUT2D eigenvalue weighted by atomic mass is 31.3. The lowest BCUT2D eigenvalue weighted by atomic mass is 10.1. The van der Waals surface area contributed by atoms with Gasteiger partial charge in [-0.05, 0) is 4.86 Å². The highest BCUT2D eigenvalue weighted by Crippen LogP contribution is 2.59. The maximum Gasteiger partial charge on any atom is 0.306 e.